The molecule has 78 valence electrons. The Labute approximate surface area is 90.0 Å². The fraction of sp³-hybridized carbons (Fsp3) is 0.222. The molecule has 0 aliphatic rings. The van der Waals surface area contributed by atoms with E-state index in [9.17, 15) is 4.79 Å². The largest absolute Gasteiger partial charge is 0.476 e. The number of hydrogen-bond acceptors (Lipinski definition) is 4. The van der Waals surface area contributed by atoms with Crippen LogP contribution in [0.3, 0.4) is 0 Å². The van der Waals surface area contributed by atoms with Crippen LogP contribution in [0.5, 0.6) is 0 Å². The summed E-state index contributed by atoms with van der Waals surface area (Å²) >= 11 is 1.36. The third-order valence-electron chi connectivity index (χ3n) is 1.95. The topological polar surface area (TPSA) is 68.0 Å². The van der Waals surface area contributed by atoms with Gasteiger partial charge in [-0.2, -0.15) is 5.10 Å². The smallest absolute Gasteiger partial charge is 0.355 e. The molecule has 2 aromatic heterocycles. The van der Waals surface area contributed by atoms with Gasteiger partial charge in [0.2, 0.25) is 0 Å². The number of carboxylic acid groups (broad SMARTS) is 1. The molecule has 5 nitrogen and oxygen atoms in total. The lowest BCUT2D eigenvalue weighted by atomic mass is 10.3. The lowest BCUT2D eigenvalue weighted by Gasteiger charge is -1.86. The first-order valence-electron chi connectivity index (χ1n) is 4.27. The lowest BCUT2D eigenvalue weighted by Crippen LogP contribution is -1.98. The van der Waals surface area contributed by atoms with E-state index in [1.54, 1.807) is 17.8 Å². The van der Waals surface area contributed by atoms with E-state index in [0.29, 0.717) is 9.88 Å². The highest BCUT2D eigenvalue weighted by atomic mass is 32.1. The van der Waals surface area contributed by atoms with Gasteiger partial charge in [0.25, 0.3) is 0 Å². The molecule has 0 amide bonds. The summed E-state index contributed by atoms with van der Waals surface area (Å²) in [6.45, 7) is 1.75. The zero-order chi connectivity index (χ0) is 11.0. The first-order valence-corrected chi connectivity index (χ1v) is 5.09. The zero-order valence-electron chi connectivity index (χ0n) is 8.26. The van der Waals surface area contributed by atoms with Gasteiger partial charge in [-0.15, -0.1) is 11.3 Å². The van der Waals surface area contributed by atoms with Crippen molar-refractivity contribution in [2.45, 2.75) is 6.92 Å². The summed E-state index contributed by atoms with van der Waals surface area (Å²) < 4.78 is 1.66. The van der Waals surface area contributed by atoms with Crippen molar-refractivity contribution in [2.24, 2.45) is 7.05 Å². The second-order valence-corrected chi connectivity index (χ2v) is 4.33. The predicted molar refractivity (Wildman–Crippen MR) is 56.0 cm³/mol. The van der Waals surface area contributed by atoms with E-state index in [4.69, 9.17) is 5.11 Å². The molecule has 0 aromatic carbocycles. The van der Waals surface area contributed by atoms with Crippen LogP contribution in [-0.4, -0.2) is 25.8 Å². The van der Waals surface area contributed by atoms with Gasteiger partial charge >= 0.3 is 5.97 Å². The van der Waals surface area contributed by atoms with Gasteiger partial charge < -0.3 is 5.11 Å². The van der Waals surface area contributed by atoms with E-state index in [-0.39, 0.29) is 5.69 Å². The maximum atomic E-state index is 10.8. The molecule has 1 N–H and O–H groups in total. The first-order chi connectivity index (χ1) is 7.08. The maximum absolute atomic E-state index is 10.8. The van der Waals surface area contributed by atoms with Crippen molar-refractivity contribution in [3.63, 3.8) is 0 Å². The molecule has 0 radical (unpaired) electrons. The third kappa shape index (κ3) is 1.75. The first kappa shape index (κ1) is 9.85. The van der Waals surface area contributed by atoms with Crippen molar-refractivity contribution in [2.75, 3.05) is 0 Å². The Balaban J connectivity index is 2.46. The zero-order valence-corrected chi connectivity index (χ0v) is 9.08. The number of rotatable bonds is 2. The Bertz CT molecular complexity index is 515. The summed E-state index contributed by atoms with van der Waals surface area (Å²) in [5, 5.41) is 13.6. The number of aromatic nitrogens is 3. The summed E-state index contributed by atoms with van der Waals surface area (Å²) in [6.07, 6.45) is 3.48. The van der Waals surface area contributed by atoms with Crippen LogP contribution in [0.25, 0.3) is 10.6 Å². The van der Waals surface area contributed by atoms with Crippen LogP contribution in [0, 0.1) is 6.92 Å². The summed E-state index contributed by atoms with van der Waals surface area (Å²) in [4.78, 5) is 15.6. The van der Waals surface area contributed by atoms with Gasteiger partial charge in [-0.3, -0.25) is 4.68 Å². The van der Waals surface area contributed by atoms with Gasteiger partial charge in [0.1, 0.15) is 5.01 Å². The molecule has 0 fully saturated rings. The summed E-state index contributed by atoms with van der Waals surface area (Å²) in [7, 11) is 1.81. The fourth-order valence-electron chi connectivity index (χ4n) is 1.25. The number of aromatic carboxylic acids is 1. The number of carbonyl (C=O) groups is 1. The van der Waals surface area contributed by atoms with E-state index in [2.05, 4.69) is 10.1 Å². The Kier molecular flexibility index (Phi) is 2.28. The van der Waals surface area contributed by atoms with Crippen molar-refractivity contribution in [3.8, 4) is 10.6 Å². The molecular formula is C9H9N3O2S. The standard InChI is InChI=1S/C9H9N3O2S/c1-5-7(9(13)14)11-8(15-5)6-3-10-12(2)4-6/h3-4H,1-2H3,(H,13,14). The Morgan fingerprint density at radius 3 is 2.80 bits per heavy atom. The molecule has 0 unspecified atom stereocenters. The molecule has 2 aromatic rings. The van der Waals surface area contributed by atoms with Crippen molar-refractivity contribution in [3.05, 3.63) is 23.0 Å². The van der Waals surface area contributed by atoms with E-state index >= 15 is 0 Å². The molecule has 0 saturated carbocycles. The van der Waals surface area contributed by atoms with Crippen LogP contribution in [0.2, 0.25) is 0 Å². The summed E-state index contributed by atoms with van der Waals surface area (Å²) in [6, 6.07) is 0. The van der Waals surface area contributed by atoms with Crippen molar-refractivity contribution in [1.82, 2.24) is 14.8 Å². The second kappa shape index (κ2) is 3.47. The molecule has 0 spiro atoms. The highest BCUT2D eigenvalue weighted by molar-refractivity contribution is 7.15. The number of hydrogen-bond donors (Lipinski definition) is 1. The van der Waals surface area contributed by atoms with Crippen LogP contribution < -0.4 is 0 Å². The lowest BCUT2D eigenvalue weighted by molar-refractivity contribution is 0.0690. The van der Waals surface area contributed by atoms with E-state index in [1.807, 2.05) is 13.2 Å². The van der Waals surface area contributed by atoms with Crippen molar-refractivity contribution < 1.29 is 9.90 Å². The minimum atomic E-state index is -0.987. The van der Waals surface area contributed by atoms with Gasteiger partial charge in [0, 0.05) is 23.7 Å². The van der Waals surface area contributed by atoms with Crippen LogP contribution in [-0.2, 0) is 7.05 Å². The molecular weight excluding hydrogens is 214 g/mol. The Morgan fingerprint density at radius 1 is 1.60 bits per heavy atom. The van der Waals surface area contributed by atoms with E-state index < -0.39 is 5.97 Å². The molecule has 2 rings (SSSR count). The molecule has 0 atom stereocenters. The minimum Gasteiger partial charge on any atom is -0.476 e. The Hall–Kier alpha value is -1.69. The van der Waals surface area contributed by atoms with Crippen LogP contribution in [0.1, 0.15) is 15.4 Å². The highest BCUT2D eigenvalue weighted by Crippen LogP contribution is 2.26. The van der Waals surface area contributed by atoms with Crippen LogP contribution >= 0.6 is 11.3 Å². The summed E-state index contributed by atoms with van der Waals surface area (Å²) in [5.41, 5.74) is 0.969. The highest BCUT2D eigenvalue weighted by Gasteiger charge is 2.15. The number of carboxylic acids is 1. The monoisotopic (exact) mass is 223 g/mol. The molecule has 0 aliphatic heterocycles. The third-order valence-corrected chi connectivity index (χ3v) is 2.97. The number of thiazole rings is 1. The molecule has 0 bridgehead atoms. The van der Waals surface area contributed by atoms with Crippen LogP contribution in [0.15, 0.2) is 12.4 Å². The SMILES string of the molecule is Cc1sc(-c2cnn(C)c2)nc1C(=O)O. The average molecular weight is 223 g/mol. The van der Waals surface area contributed by atoms with Gasteiger partial charge in [0.15, 0.2) is 5.69 Å². The second-order valence-electron chi connectivity index (χ2n) is 3.13. The number of nitrogens with zero attached hydrogens (tertiary/aromatic N) is 3. The normalized spacial score (nSPS) is 10.5. The van der Waals surface area contributed by atoms with Crippen molar-refractivity contribution in [1.29, 1.82) is 0 Å². The predicted octanol–water partition coefficient (Wildman–Crippen LogP) is 1.55. The maximum Gasteiger partial charge on any atom is 0.355 e. The van der Waals surface area contributed by atoms with Gasteiger partial charge in [-0.05, 0) is 6.92 Å². The molecule has 0 saturated heterocycles. The average Bonchev–Trinajstić information content (AvgIpc) is 2.71. The van der Waals surface area contributed by atoms with Gasteiger partial charge in [-0.25, -0.2) is 9.78 Å². The Morgan fingerprint density at radius 2 is 2.33 bits per heavy atom. The number of aryl methyl sites for hydroxylation is 2. The van der Waals surface area contributed by atoms with Crippen LogP contribution in [0.4, 0.5) is 0 Å². The van der Waals surface area contributed by atoms with Crippen molar-refractivity contribution >= 4 is 17.3 Å². The van der Waals surface area contributed by atoms with E-state index in [1.165, 1.54) is 11.3 Å². The molecule has 6 heteroatoms. The summed E-state index contributed by atoms with van der Waals surface area (Å²) in [5.74, 6) is -0.987. The fourth-order valence-corrected chi connectivity index (χ4v) is 2.13. The van der Waals surface area contributed by atoms with E-state index in [0.717, 1.165) is 5.56 Å². The van der Waals surface area contributed by atoms with Gasteiger partial charge in [-0.1, -0.05) is 0 Å². The molecule has 0 aliphatic carbocycles. The molecule has 15 heavy (non-hydrogen) atoms. The molecule has 2 heterocycles. The van der Waals surface area contributed by atoms with Gasteiger partial charge in [0.05, 0.1) is 6.20 Å². The quantitative estimate of drug-likeness (QED) is 0.838. The minimum absolute atomic E-state index is 0.124.